The molecular weight excluding hydrogens is 480 g/mol. The van der Waals surface area contributed by atoms with E-state index in [1.807, 2.05) is 30.3 Å². The number of carbonyl (C=O) groups excluding carboxylic acids is 1. The summed E-state index contributed by atoms with van der Waals surface area (Å²) in [5, 5.41) is 6.92. The van der Waals surface area contributed by atoms with Crippen LogP contribution in [-0.2, 0) is 4.79 Å². The maximum absolute atomic E-state index is 12.0. The average Bonchev–Trinajstić information content (AvgIpc) is 2.97. The number of anilines is 4. The first-order valence-corrected chi connectivity index (χ1v) is 12.5. The minimum atomic E-state index is -0.313. The number of hydrogen-bond acceptors (Lipinski definition) is 9. The Bertz CT molecular complexity index is 1470. The number of ether oxygens (including phenoxy) is 1. The van der Waals surface area contributed by atoms with E-state index in [1.54, 1.807) is 31.6 Å². The van der Waals surface area contributed by atoms with Crippen molar-refractivity contribution in [3.63, 3.8) is 0 Å². The summed E-state index contributed by atoms with van der Waals surface area (Å²) in [6.45, 7) is 10.7. The van der Waals surface area contributed by atoms with Crippen LogP contribution in [0.25, 0.3) is 22.2 Å². The van der Waals surface area contributed by atoms with Crippen LogP contribution in [0.15, 0.2) is 67.5 Å². The summed E-state index contributed by atoms with van der Waals surface area (Å²) < 4.78 is 5.61. The van der Waals surface area contributed by atoms with Crippen LogP contribution < -0.4 is 20.3 Å². The number of likely N-dealkylation sites (N-methyl/N-ethyl adjacent to an activating group) is 1. The SMILES string of the molecule is C=CC(=O)Nc1cccnc1-c1cccc2cnc(Nc3ccc(N4CCN(CC)CC4)nc3OC)nc12. The Morgan fingerprint density at radius 3 is 2.66 bits per heavy atom. The molecule has 0 saturated carbocycles. The monoisotopic (exact) mass is 510 g/mol. The molecule has 0 spiro atoms. The molecular formula is C28H30N8O2. The Balaban J connectivity index is 1.45. The molecule has 1 saturated heterocycles. The zero-order chi connectivity index (χ0) is 26.5. The van der Waals surface area contributed by atoms with Crippen LogP contribution in [0.3, 0.4) is 0 Å². The number of amides is 1. The van der Waals surface area contributed by atoms with Crippen molar-refractivity contribution in [1.29, 1.82) is 0 Å². The molecule has 4 aromatic rings. The van der Waals surface area contributed by atoms with Crippen molar-refractivity contribution in [1.82, 2.24) is 24.8 Å². The highest BCUT2D eigenvalue weighted by atomic mass is 16.5. The van der Waals surface area contributed by atoms with E-state index in [1.165, 1.54) is 6.08 Å². The highest BCUT2D eigenvalue weighted by Gasteiger charge is 2.19. The van der Waals surface area contributed by atoms with Crippen LogP contribution in [-0.4, -0.2) is 70.6 Å². The lowest BCUT2D eigenvalue weighted by molar-refractivity contribution is -0.111. The van der Waals surface area contributed by atoms with Gasteiger partial charge in [-0.1, -0.05) is 31.7 Å². The molecule has 38 heavy (non-hydrogen) atoms. The first-order valence-electron chi connectivity index (χ1n) is 12.5. The molecule has 1 aliphatic heterocycles. The molecule has 0 atom stereocenters. The van der Waals surface area contributed by atoms with E-state index in [2.05, 4.69) is 43.9 Å². The number of fused-ring (bicyclic) bond motifs is 1. The van der Waals surface area contributed by atoms with E-state index >= 15 is 0 Å². The molecule has 1 aromatic carbocycles. The predicted molar refractivity (Wildman–Crippen MR) is 150 cm³/mol. The topological polar surface area (TPSA) is 108 Å². The van der Waals surface area contributed by atoms with E-state index < -0.39 is 0 Å². The lowest BCUT2D eigenvalue weighted by Crippen LogP contribution is -2.46. The molecule has 3 aromatic heterocycles. The number of carbonyl (C=O) groups is 1. The maximum Gasteiger partial charge on any atom is 0.247 e. The molecule has 2 N–H and O–H groups in total. The van der Waals surface area contributed by atoms with Crippen LogP contribution in [0.1, 0.15) is 6.92 Å². The Labute approximate surface area is 221 Å². The van der Waals surface area contributed by atoms with Crippen LogP contribution in [0, 0.1) is 0 Å². The largest absolute Gasteiger partial charge is 0.479 e. The van der Waals surface area contributed by atoms with Gasteiger partial charge in [-0.3, -0.25) is 9.78 Å². The number of nitrogens with zero attached hydrogens (tertiary/aromatic N) is 6. The average molecular weight is 511 g/mol. The fourth-order valence-electron chi connectivity index (χ4n) is 4.48. The number of piperazine rings is 1. The number of benzene rings is 1. The molecule has 0 unspecified atom stereocenters. The van der Waals surface area contributed by atoms with Crippen LogP contribution in [0.2, 0.25) is 0 Å². The van der Waals surface area contributed by atoms with Gasteiger partial charge in [0, 0.05) is 49.5 Å². The fraction of sp³-hybridized carbons (Fsp3) is 0.250. The van der Waals surface area contributed by atoms with Crippen molar-refractivity contribution < 1.29 is 9.53 Å². The van der Waals surface area contributed by atoms with Gasteiger partial charge >= 0.3 is 0 Å². The van der Waals surface area contributed by atoms with Crippen molar-refractivity contribution in [3.8, 4) is 17.1 Å². The van der Waals surface area contributed by atoms with E-state index in [4.69, 9.17) is 14.7 Å². The Morgan fingerprint density at radius 2 is 1.89 bits per heavy atom. The van der Waals surface area contributed by atoms with Gasteiger partial charge in [-0.2, -0.15) is 4.98 Å². The molecule has 194 valence electrons. The molecule has 1 amide bonds. The van der Waals surface area contributed by atoms with Gasteiger partial charge in [0.1, 0.15) is 11.5 Å². The molecule has 0 radical (unpaired) electrons. The minimum Gasteiger partial charge on any atom is -0.479 e. The minimum absolute atomic E-state index is 0.313. The summed E-state index contributed by atoms with van der Waals surface area (Å²) in [4.78, 5) is 35.3. The second-order valence-corrected chi connectivity index (χ2v) is 8.80. The third-order valence-electron chi connectivity index (χ3n) is 6.55. The van der Waals surface area contributed by atoms with Gasteiger partial charge in [-0.05, 0) is 36.9 Å². The van der Waals surface area contributed by atoms with Gasteiger partial charge in [0.2, 0.25) is 17.7 Å². The summed E-state index contributed by atoms with van der Waals surface area (Å²) in [6, 6.07) is 13.2. The van der Waals surface area contributed by atoms with Gasteiger partial charge in [0.15, 0.2) is 0 Å². The summed E-state index contributed by atoms with van der Waals surface area (Å²) in [5.41, 5.74) is 3.29. The van der Waals surface area contributed by atoms with Gasteiger partial charge < -0.3 is 25.2 Å². The molecule has 4 heterocycles. The maximum atomic E-state index is 12.0. The summed E-state index contributed by atoms with van der Waals surface area (Å²) in [6.07, 6.45) is 4.65. The standard InChI is InChI=1S/C28H30N8O2/c1-4-24(37)31-21-10-7-13-29-26(21)20-9-6-8-19-18-30-28(34-25(19)20)32-22-11-12-23(33-27(22)38-3)36-16-14-35(5-2)15-17-36/h4,6-13,18H,1,5,14-17H2,2-3H3,(H,31,37)(H,30,32,34). The first-order chi connectivity index (χ1) is 18.6. The summed E-state index contributed by atoms with van der Waals surface area (Å²) in [7, 11) is 1.60. The van der Waals surface area contributed by atoms with Gasteiger partial charge in [0.05, 0.1) is 24.0 Å². The third-order valence-corrected chi connectivity index (χ3v) is 6.55. The zero-order valence-corrected chi connectivity index (χ0v) is 21.5. The molecule has 0 aliphatic carbocycles. The van der Waals surface area contributed by atoms with E-state index in [9.17, 15) is 4.79 Å². The number of rotatable bonds is 8. The Kier molecular flexibility index (Phi) is 7.41. The van der Waals surface area contributed by atoms with Crippen LogP contribution in [0.5, 0.6) is 5.88 Å². The number of aromatic nitrogens is 4. The smallest absolute Gasteiger partial charge is 0.247 e. The molecule has 0 bridgehead atoms. The van der Waals surface area contributed by atoms with Gasteiger partial charge in [-0.25, -0.2) is 9.97 Å². The Hall–Kier alpha value is -4.57. The Morgan fingerprint density at radius 1 is 1.05 bits per heavy atom. The predicted octanol–water partition coefficient (Wildman–Crippen LogP) is 4.11. The van der Waals surface area contributed by atoms with E-state index in [0.29, 0.717) is 34.4 Å². The summed E-state index contributed by atoms with van der Waals surface area (Å²) in [5.74, 6) is 1.43. The van der Waals surface area contributed by atoms with E-state index in [-0.39, 0.29) is 5.91 Å². The molecule has 5 rings (SSSR count). The zero-order valence-electron chi connectivity index (χ0n) is 21.5. The highest BCUT2D eigenvalue weighted by Crippen LogP contribution is 2.33. The van der Waals surface area contributed by atoms with Gasteiger partial charge in [-0.15, -0.1) is 0 Å². The van der Waals surface area contributed by atoms with Crippen LogP contribution >= 0.6 is 0 Å². The van der Waals surface area contributed by atoms with Crippen molar-refractivity contribution in [3.05, 3.63) is 67.5 Å². The second kappa shape index (κ2) is 11.2. The third kappa shape index (κ3) is 5.25. The highest BCUT2D eigenvalue weighted by molar-refractivity contribution is 6.03. The quantitative estimate of drug-likeness (QED) is 0.339. The molecule has 10 nitrogen and oxygen atoms in total. The normalized spacial score (nSPS) is 13.8. The fourth-order valence-corrected chi connectivity index (χ4v) is 4.48. The first kappa shape index (κ1) is 25.1. The number of nitrogens with one attached hydrogen (secondary N) is 2. The number of methoxy groups -OCH3 is 1. The van der Waals surface area contributed by atoms with E-state index in [0.717, 1.165) is 49.5 Å². The number of pyridine rings is 2. The second-order valence-electron chi connectivity index (χ2n) is 8.80. The van der Waals surface area contributed by atoms with Gasteiger partial charge in [0.25, 0.3) is 0 Å². The number of hydrogen-bond donors (Lipinski definition) is 2. The van der Waals surface area contributed by atoms with Crippen molar-refractivity contribution in [2.75, 3.05) is 55.4 Å². The summed E-state index contributed by atoms with van der Waals surface area (Å²) >= 11 is 0. The van der Waals surface area contributed by atoms with Crippen molar-refractivity contribution >= 4 is 40.0 Å². The lowest BCUT2D eigenvalue weighted by atomic mass is 10.1. The van der Waals surface area contributed by atoms with Crippen LogP contribution in [0.4, 0.5) is 23.1 Å². The molecule has 1 aliphatic rings. The van der Waals surface area contributed by atoms with Crippen molar-refractivity contribution in [2.24, 2.45) is 0 Å². The molecule has 10 heteroatoms. The lowest BCUT2D eigenvalue weighted by Gasteiger charge is -2.34. The van der Waals surface area contributed by atoms with Crippen molar-refractivity contribution in [2.45, 2.75) is 6.92 Å². The number of para-hydroxylation sites is 1. The molecule has 1 fully saturated rings.